The maximum absolute atomic E-state index is 10.1. The molecule has 0 bridgehead atoms. The first-order valence-corrected chi connectivity index (χ1v) is 7.40. The minimum absolute atomic E-state index is 0.0123. The Morgan fingerprint density at radius 3 is 2.57 bits per heavy atom. The molecule has 21 heavy (non-hydrogen) atoms. The van der Waals surface area contributed by atoms with E-state index in [0.717, 1.165) is 13.1 Å². The van der Waals surface area contributed by atoms with Crippen LogP contribution in [0.4, 0.5) is 0 Å². The zero-order valence-electron chi connectivity index (χ0n) is 13.1. The lowest BCUT2D eigenvalue weighted by molar-refractivity contribution is -0.0401. The van der Waals surface area contributed by atoms with E-state index in [0.29, 0.717) is 26.3 Å². The molecule has 3 N–H and O–H groups in total. The van der Waals surface area contributed by atoms with Crippen LogP contribution in [0.5, 0.6) is 0 Å². The van der Waals surface area contributed by atoms with Crippen LogP contribution in [-0.4, -0.2) is 62.2 Å². The predicted octanol–water partition coefficient (Wildman–Crippen LogP) is 0.860. The molecule has 0 spiro atoms. The van der Waals surface area contributed by atoms with Crippen molar-refractivity contribution >= 4 is 0 Å². The minimum atomic E-state index is -0.528. The summed E-state index contributed by atoms with van der Waals surface area (Å²) in [6, 6.07) is 10.2. The van der Waals surface area contributed by atoms with E-state index in [1.165, 1.54) is 5.56 Å². The van der Waals surface area contributed by atoms with E-state index in [4.69, 9.17) is 15.2 Å². The Labute approximate surface area is 127 Å². The lowest BCUT2D eigenvalue weighted by Gasteiger charge is -2.25. The SMILES string of the molecule is COCC(C)OCC(O)CN(CCN)Cc1ccccc1. The van der Waals surface area contributed by atoms with E-state index < -0.39 is 6.10 Å². The van der Waals surface area contributed by atoms with Gasteiger partial charge in [0.25, 0.3) is 0 Å². The topological polar surface area (TPSA) is 68.0 Å². The van der Waals surface area contributed by atoms with Gasteiger partial charge >= 0.3 is 0 Å². The summed E-state index contributed by atoms with van der Waals surface area (Å²) in [4.78, 5) is 2.14. The molecule has 0 fully saturated rings. The third kappa shape index (κ3) is 8.14. The summed E-state index contributed by atoms with van der Waals surface area (Å²) in [5.74, 6) is 0. The quantitative estimate of drug-likeness (QED) is 0.634. The lowest BCUT2D eigenvalue weighted by atomic mass is 10.2. The van der Waals surface area contributed by atoms with Gasteiger partial charge < -0.3 is 20.3 Å². The van der Waals surface area contributed by atoms with E-state index >= 15 is 0 Å². The van der Waals surface area contributed by atoms with Crippen LogP contribution in [0, 0.1) is 0 Å². The van der Waals surface area contributed by atoms with Gasteiger partial charge in [0, 0.05) is 33.3 Å². The number of hydrogen-bond donors (Lipinski definition) is 2. The zero-order chi connectivity index (χ0) is 15.5. The van der Waals surface area contributed by atoms with E-state index in [1.54, 1.807) is 7.11 Å². The number of nitrogens with two attached hydrogens (primary N) is 1. The highest BCUT2D eigenvalue weighted by molar-refractivity contribution is 5.14. The molecule has 5 heteroatoms. The highest BCUT2D eigenvalue weighted by Crippen LogP contribution is 2.05. The van der Waals surface area contributed by atoms with Crippen molar-refractivity contribution in [2.75, 3.05) is 40.0 Å². The normalized spacial score (nSPS) is 14.3. The summed E-state index contributed by atoms with van der Waals surface area (Å²) >= 11 is 0. The van der Waals surface area contributed by atoms with Crippen molar-refractivity contribution in [2.24, 2.45) is 5.73 Å². The van der Waals surface area contributed by atoms with E-state index in [9.17, 15) is 5.11 Å². The smallest absolute Gasteiger partial charge is 0.0900 e. The first kappa shape index (κ1) is 18.1. The molecule has 1 aromatic rings. The first-order chi connectivity index (χ1) is 10.2. The summed E-state index contributed by atoms with van der Waals surface area (Å²) in [5, 5.41) is 10.1. The summed E-state index contributed by atoms with van der Waals surface area (Å²) in [6.45, 7) is 5.41. The first-order valence-electron chi connectivity index (χ1n) is 7.40. The minimum Gasteiger partial charge on any atom is -0.389 e. The Balaban J connectivity index is 2.38. The van der Waals surface area contributed by atoms with Gasteiger partial charge in [0.2, 0.25) is 0 Å². The fraction of sp³-hybridized carbons (Fsp3) is 0.625. The molecule has 1 aromatic carbocycles. The van der Waals surface area contributed by atoms with E-state index in [1.807, 2.05) is 25.1 Å². The molecule has 0 heterocycles. The molecule has 1 rings (SSSR count). The van der Waals surface area contributed by atoms with Gasteiger partial charge in [-0.2, -0.15) is 0 Å². The average Bonchev–Trinajstić information content (AvgIpc) is 2.47. The Kier molecular flexibility index (Phi) is 9.21. The van der Waals surface area contributed by atoms with Crippen molar-refractivity contribution in [1.29, 1.82) is 0 Å². The molecule has 2 unspecified atom stereocenters. The number of ether oxygens (including phenoxy) is 2. The second-order valence-electron chi connectivity index (χ2n) is 5.26. The molecule has 0 radical (unpaired) electrons. The zero-order valence-corrected chi connectivity index (χ0v) is 13.1. The Morgan fingerprint density at radius 2 is 1.95 bits per heavy atom. The summed E-state index contributed by atoms with van der Waals surface area (Å²) in [6.07, 6.45) is -0.540. The van der Waals surface area contributed by atoms with Gasteiger partial charge in [-0.25, -0.2) is 0 Å². The molecular weight excluding hydrogens is 268 g/mol. The number of hydrogen-bond acceptors (Lipinski definition) is 5. The number of aliphatic hydroxyl groups excluding tert-OH is 1. The van der Waals surface area contributed by atoms with Gasteiger partial charge in [-0.3, -0.25) is 4.90 Å². The molecule has 5 nitrogen and oxygen atoms in total. The van der Waals surface area contributed by atoms with Crippen molar-refractivity contribution in [3.63, 3.8) is 0 Å². The maximum Gasteiger partial charge on any atom is 0.0900 e. The third-order valence-corrected chi connectivity index (χ3v) is 3.14. The molecule has 0 aromatic heterocycles. The second-order valence-corrected chi connectivity index (χ2v) is 5.26. The number of aliphatic hydroxyl groups is 1. The van der Waals surface area contributed by atoms with Crippen LogP contribution < -0.4 is 5.73 Å². The highest BCUT2D eigenvalue weighted by Gasteiger charge is 2.13. The Morgan fingerprint density at radius 1 is 1.24 bits per heavy atom. The highest BCUT2D eigenvalue weighted by atomic mass is 16.5. The van der Waals surface area contributed by atoms with Crippen LogP contribution in [0.3, 0.4) is 0 Å². The molecule has 0 aliphatic heterocycles. The number of benzene rings is 1. The van der Waals surface area contributed by atoms with Gasteiger partial charge in [0.15, 0.2) is 0 Å². The molecule has 0 saturated carbocycles. The number of rotatable bonds is 11. The Hall–Kier alpha value is -0.980. The molecule has 0 aliphatic rings. The monoisotopic (exact) mass is 296 g/mol. The van der Waals surface area contributed by atoms with Crippen molar-refractivity contribution in [3.8, 4) is 0 Å². The van der Waals surface area contributed by atoms with Crippen molar-refractivity contribution < 1.29 is 14.6 Å². The maximum atomic E-state index is 10.1. The fourth-order valence-corrected chi connectivity index (χ4v) is 2.17. The number of nitrogens with zero attached hydrogens (tertiary/aromatic N) is 1. The number of methoxy groups -OCH3 is 1. The molecule has 0 aliphatic carbocycles. The fourth-order valence-electron chi connectivity index (χ4n) is 2.17. The Bertz CT molecular complexity index is 362. The largest absolute Gasteiger partial charge is 0.389 e. The van der Waals surface area contributed by atoms with Crippen LogP contribution in [0.25, 0.3) is 0 Å². The van der Waals surface area contributed by atoms with E-state index in [-0.39, 0.29) is 6.10 Å². The van der Waals surface area contributed by atoms with Gasteiger partial charge in [-0.05, 0) is 12.5 Å². The van der Waals surface area contributed by atoms with E-state index in [2.05, 4.69) is 17.0 Å². The average molecular weight is 296 g/mol. The molecule has 0 saturated heterocycles. The summed E-state index contributed by atoms with van der Waals surface area (Å²) < 4.78 is 10.5. The van der Waals surface area contributed by atoms with Crippen LogP contribution >= 0.6 is 0 Å². The van der Waals surface area contributed by atoms with Gasteiger partial charge in [0.1, 0.15) is 0 Å². The second kappa shape index (κ2) is 10.7. The third-order valence-electron chi connectivity index (χ3n) is 3.14. The molecular formula is C16H28N2O3. The molecule has 0 amide bonds. The summed E-state index contributed by atoms with van der Waals surface area (Å²) in [7, 11) is 1.64. The lowest BCUT2D eigenvalue weighted by Crippen LogP contribution is -2.38. The van der Waals surface area contributed by atoms with Crippen LogP contribution in [0.2, 0.25) is 0 Å². The van der Waals surface area contributed by atoms with Crippen molar-refractivity contribution in [2.45, 2.75) is 25.7 Å². The van der Waals surface area contributed by atoms with Crippen molar-refractivity contribution in [3.05, 3.63) is 35.9 Å². The standard InChI is InChI=1S/C16H28N2O3/c1-14(12-20-2)21-13-16(19)11-18(9-8-17)10-15-6-4-3-5-7-15/h3-7,14,16,19H,8-13,17H2,1-2H3. The summed E-state index contributed by atoms with van der Waals surface area (Å²) in [5.41, 5.74) is 6.86. The van der Waals surface area contributed by atoms with Crippen LogP contribution in [0.15, 0.2) is 30.3 Å². The van der Waals surface area contributed by atoms with Crippen LogP contribution in [0.1, 0.15) is 12.5 Å². The van der Waals surface area contributed by atoms with Gasteiger partial charge in [-0.1, -0.05) is 30.3 Å². The molecule has 2 atom stereocenters. The predicted molar refractivity (Wildman–Crippen MR) is 84.1 cm³/mol. The van der Waals surface area contributed by atoms with Gasteiger partial charge in [-0.15, -0.1) is 0 Å². The van der Waals surface area contributed by atoms with Gasteiger partial charge in [0.05, 0.1) is 25.4 Å². The van der Waals surface area contributed by atoms with Crippen LogP contribution in [-0.2, 0) is 16.0 Å². The van der Waals surface area contributed by atoms with Crippen molar-refractivity contribution in [1.82, 2.24) is 4.90 Å². The molecule has 120 valence electrons.